The van der Waals surface area contributed by atoms with Crippen molar-refractivity contribution < 1.29 is 45.3 Å². The third kappa shape index (κ3) is 5.01. The Morgan fingerprint density at radius 1 is 0.731 bits per heavy atom. The highest BCUT2D eigenvalue weighted by Crippen LogP contribution is 2.40. The predicted molar refractivity (Wildman–Crippen MR) is 76.1 cm³/mol. The van der Waals surface area contributed by atoms with Crippen LogP contribution >= 0.6 is 0 Å². The lowest BCUT2D eigenvalue weighted by molar-refractivity contribution is -0.458. The van der Waals surface area contributed by atoms with Crippen molar-refractivity contribution in [3.8, 4) is 22.6 Å². The van der Waals surface area contributed by atoms with Gasteiger partial charge in [0, 0.05) is 0 Å². The van der Waals surface area contributed by atoms with Crippen LogP contribution in [0.3, 0.4) is 0 Å². The second kappa shape index (κ2) is 7.02. The molecule has 0 aliphatic rings. The third-order valence-corrected chi connectivity index (χ3v) is 3.07. The van der Waals surface area contributed by atoms with E-state index in [0.29, 0.717) is 11.1 Å². The van der Waals surface area contributed by atoms with E-state index in [2.05, 4.69) is 9.47 Å². The van der Waals surface area contributed by atoms with E-state index in [1.54, 1.807) is 12.1 Å². The Kier molecular flexibility index (Phi) is 5.36. The Morgan fingerprint density at radius 2 is 1.19 bits per heavy atom. The fourth-order valence-corrected chi connectivity index (χ4v) is 1.84. The van der Waals surface area contributed by atoms with E-state index in [4.69, 9.17) is 0 Å². The largest absolute Gasteiger partial charge is 0.508 e. The van der Waals surface area contributed by atoms with Gasteiger partial charge in [0.15, 0.2) is 6.61 Å². The number of aromatic hydroxyl groups is 1. The first-order valence-electron chi connectivity index (χ1n) is 6.94. The van der Waals surface area contributed by atoms with E-state index >= 15 is 0 Å². The van der Waals surface area contributed by atoms with Crippen molar-refractivity contribution in [1.29, 1.82) is 0 Å². The molecule has 0 unspecified atom stereocenters. The van der Waals surface area contributed by atoms with Crippen molar-refractivity contribution in [2.45, 2.75) is 18.4 Å². The Hall–Kier alpha value is -2.49. The summed E-state index contributed by atoms with van der Waals surface area (Å²) in [5.41, 5.74) is 1.32. The normalized spacial score (nSPS) is 12.9. The highest BCUT2D eigenvalue weighted by atomic mass is 19.4. The zero-order valence-electron chi connectivity index (χ0n) is 12.7. The maximum Gasteiger partial charge on any atom is 0.483 e. The van der Waals surface area contributed by atoms with Gasteiger partial charge >= 0.3 is 18.4 Å². The fraction of sp³-hybridized carbons (Fsp3) is 0.250. The first kappa shape index (κ1) is 19.8. The van der Waals surface area contributed by atoms with Crippen molar-refractivity contribution in [2.24, 2.45) is 0 Å². The van der Waals surface area contributed by atoms with Gasteiger partial charge in [0.25, 0.3) is 0 Å². The smallest absolute Gasteiger partial charge is 0.483 e. The molecule has 142 valence electrons. The SMILES string of the molecule is Oc1ccc(-c2ccc(OCC(F)(F)OC(F)(F)C(F)(F)F)cc2)cc1. The zero-order chi connectivity index (χ0) is 19.6. The monoisotopic (exact) mass is 384 g/mol. The van der Waals surface area contributed by atoms with Crippen LogP contribution in [0.2, 0.25) is 0 Å². The summed E-state index contributed by atoms with van der Waals surface area (Å²) in [6, 6.07) is 11.4. The molecule has 0 radical (unpaired) electrons. The highest BCUT2D eigenvalue weighted by Gasteiger charge is 2.64. The lowest BCUT2D eigenvalue weighted by atomic mass is 10.1. The van der Waals surface area contributed by atoms with Crippen LogP contribution in [0.1, 0.15) is 0 Å². The summed E-state index contributed by atoms with van der Waals surface area (Å²) >= 11 is 0. The van der Waals surface area contributed by atoms with Crippen LogP contribution in [0.15, 0.2) is 48.5 Å². The fourth-order valence-electron chi connectivity index (χ4n) is 1.84. The average molecular weight is 384 g/mol. The molecule has 0 atom stereocenters. The molecule has 0 saturated carbocycles. The van der Waals surface area contributed by atoms with Gasteiger partial charge in [0.05, 0.1) is 0 Å². The molecule has 0 aromatic heterocycles. The molecule has 10 heteroatoms. The van der Waals surface area contributed by atoms with Crippen LogP contribution in [0, 0.1) is 0 Å². The molecule has 0 aliphatic heterocycles. The van der Waals surface area contributed by atoms with Gasteiger partial charge in [0.1, 0.15) is 11.5 Å². The molecule has 0 aliphatic carbocycles. The summed E-state index contributed by atoms with van der Waals surface area (Å²) in [5, 5.41) is 9.20. The number of benzene rings is 2. The molecular weight excluding hydrogens is 373 g/mol. The van der Waals surface area contributed by atoms with Gasteiger partial charge < -0.3 is 9.84 Å². The molecular formula is C16H11F7O3. The van der Waals surface area contributed by atoms with Gasteiger partial charge in [-0.15, -0.1) is 0 Å². The summed E-state index contributed by atoms with van der Waals surface area (Å²) in [6.07, 6.45) is -17.2. The molecule has 2 aromatic carbocycles. The van der Waals surface area contributed by atoms with Gasteiger partial charge in [-0.1, -0.05) is 24.3 Å². The second-order valence-corrected chi connectivity index (χ2v) is 5.11. The average Bonchev–Trinajstić information content (AvgIpc) is 2.52. The number of hydrogen-bond acceptors (Lipinski definition) is 3. The van der Waals surface area contributed by atoms with E-state index in [1.165, 1.54) is 36.4 Å². The van der Waals surface area contributed by atoms with Crippen LogP contribution in [-0.4, -0.2) is 30.1 Å². The van der Waals surface area contributed by atoms with Crippen molar-refractivity contribution >= 4 is 0 Å². The van der Waals surface area contributed by atoms with Gasteiger partial charge in [-0.3, -0.25) is 0 Å². The first-order valence-corrected chi connectivity index (χ1v) is 6.94. The molecule has 0 spiro atoms. The Labute approximate surface area is 142 Å². The first-order chi connectivity index (χ1) is 11.9. The Morgan fingerprint density at radius 3 is 1.65 bits per heavy atom. The number of ether oxygens (including phenoxy) is 2. The molecule has 0 fully saturated rings. The van der Waals surface area contributed by atoms with Gasteiger partial charge in [-0.05, 0) is 35.4 Å². The minimum Gasteiger partial charge on any atom is -0.508 e. The lowest BCUT2D eigenvalue weighted by Crippen LogP contribution is -2.46. The van der Waals surface area contributed by atoms with E-state index in [1.807, 2.05) is 0 Å². The highest BCUT2D eigenvalue weighted by molar-refractivity contribution is 5.64. The maximum absolute atomic E-state index is 13.2. The lowest BCUT2D eigenvalue weighted by Gasteiger charge is -2.25. The number of hydrogen-bond donors (Lipinski definition) is 1. The second-order valence-electron chi connectivity index (χ2n) is 5.11. The van der Waals surface area contributed by atoms with Crippen LogP contribution in [0.5, 0.6) is 11.5 Å². The molecule has 3 nitrogen and oxygen atoms in total. The molecule has 26 heavy (non-hydrogen) atoms. The predicted octanol–water partition coefficient (Wildman–Crippen LogP) is 5.20. The minimum absolute atomic E-state index is 0.0478. The Balaban J connectivity index is 1.99. The van der Waals surface area contributed by atoms with Crippen LogP contribution in [0.4, 0.5) is 30.7 Å². The quantitative estimate of drug-likeness (QED) is 0.696. The molecule has 2 aromatic rings. The van der Waals surface area contributed by atoms with Gasteiger partial charge in [0.2, 0.25) is 0 Å². The standard InChI is InChI=1S/C16H11F7O3/c17-14(18,26-16(22,23)15(19,20)21)9-25-13-7-3-11(4-8-13)10-1-5-12(24)6-2-10/h1-8,24H,9H2. The van der Waals surface area contributed by atoms with Crippen LogP contribution in [0.25, 0.3) is 11.1 Å². The van der Waals surface area contributed by atoms with Gasteiger partial charge in [-0.25, -0.2) is 4.74 Å². The number of alkyl halides is 7. The van der Waals surface area contributed by atoms with Gasteiger partial charge in [-0.2, -0.15) is 30.7 Å². The van der Waals surface area contributed by atoms with E-state index < -0.39 is 25.0 Å². The summed E-state index contributed by atoms with van der Waals surface area (Å²) in [4.78, 5) is 0. The number of phenolic OH excluding ortho intramolecular Hbond substituents is 1. The van der Waals surface area contributed by atoms with Crippen molar-refractivity contribution in [3.05, 3.63) is 48.5 Å². The molecule has 2 rings (SSSR count). The molecule has 0 amide bonds. The summed E-state index contributed by atoms with van der Waals surface area (Å²) in [7, 11) is 0. The van der Waals surface area contributed by atoms with Crippen molar-refractivity contribution in [1.82, 2.24) is 0 Å². The van der Waals surface area contributed by atoms with Crippen LogP contribution < -0.4 is 4.74 Å². The molecule has 0 heterocycles. The van der Waals surface area contributed by atoms with Crippen molar-refractivity contribution in [3.63, 3.8) is 0 Å². The summed E-state index contributed by atoms with van der Waals surface area (Å²) in [6.45, 7) is -1.84. The minimum atomic E-state index is -6.28. The summed E-state index contributed by atoms with van der Waals surface area (Å²) < 4.78 is 94.2. The maximum atomic E-state index is 13.2. The van der Waals surface area contributed by atoms with E-state index in [0.717, 1.165) is 0 Å². The topological polar surface area (TPSA) is 38.7 Å². The number of rotatable bonds is 6. The van der Waals surface area contributed by atoms with Crippen molar-refractivity contribution in [2.75, 3.05) is 6.61 Å². The molecule has 1 N–H and O–H groups in total. The van der Waals surface area contributed by atoms with E-state index in [9.17, 15) is 35.8 Å². The molecule has 0 saturated heterocycles. The Bertz CT molecular complexity index is 725. The number of halogens is 7. The molecule has 0 bridgehead atoms. The summed E-state index contributed by atoms with van der Waals surface area (Å²) in [5.74, 6) is -0.141. The third-order valence-electron chi connectivity index (χ3n) is 3.07. The van der Waals surface area contributed by atoms with E-state index in [-0.39, 0.29) is 11.5 Å². The number of phenols is 1. The van der Waals surface area contributed by atoms with Crippen LogP contribution in [-0.2, 0) is 4.74 Å². The zero-order valence-corrected chi connectivity index (χ0v) is 12.7.